The van der Waals surface area contributed by atoms with Crippen LogP contribution in [-0.2, 0) is 0 Å². The van der Waals surface area contributed by atoms with E-state index in [1.807, 2.05) is 0 Å². The molecular formula is C22H48N+. The first-order valence-corrected chi connectivity index (χ1v) is 10.9. The summed E-state index contributed by atoms with van der Waals surface area (Å²) in [5.41, 5.74) is 0. The molecule has 0 aromatic carbocycles. The highest BCUT2D eigenvalue weighted by Crippen LogP contribution is 2.13. The van der Waals surface area contributed by atoms with Crippen molar-refractivity contribution in [1.29, 1.82) is 0 Å². The van der Waals surface area contributed by atoms with Crippen molar-refractivity contribution in [3.63, 3.8) is 0 Å². The fraction of sp³-hybridized carbons (Fsp3) is 1.00. The van der Waals surface area contributed by atoms with Gasteiger partial charge in [0.1, 0.15) is 0 Å². The van der Waals surface area contributed by atoms with Crippen LogP contribution in [0.2, 0.25) is 0 Å². The van der Waals surface area contributed by atoms with Crippen molar-refractivity contribution in [3.05, 3.63) is 0 Å². The number of unbranched alkanes of at least 4 members (excludes halogenated alkanes) is 14. The normalized spacial score (nSPS) is 12.0. The average molecular weight is 327 g/mol. The second kappa shape index (κ2) is 16.8. The highest BCUT2D eigenvalue weighted by atomic mass is 15.3. The molecule has 0 bridgehead atoms. The van der Waals surface area contributed by atoms with Gasteiger partial charge in [-0.05, 0) is 25.7 Å². The Morgan fingerprint density at radius 3 is 1.00 bits per heavy atom. The number of hydrogen-bond donors (Lipinski definition) is 0. The summed E-state index contributed by atoms with van der Waals surface area (Å²) in [6.45, 7) is 7.35. The smallest absolute Gasteiger partial charge is 0.0782 e. The van der Waals surface area contributed by atoms with Gasteiger partial charge in [0.15, 0.2) is 0 Å². The van der Waals surface area contributed by atoms with Gasteiger partial charge >= 0.3 is 0 Å². The van der Waals surface area contributed by atoms with E-state index in [0.717, 1.165) is 0 Å². The lowest BCUT2D eigenvalue weighted by Crippen LogP contribution is -2.41. The maximum Gasteiger partial charge on any atom is 0.0782 e. The topological polar surface area (TPSA) is 0 Å². The van der Waals surface area contributed by atoms with Crippen molar-refractivity contribution in [1.82, 2.24) is 0 Å². The molecule has 0 saturated carbocycles. The van der Waals surface area contributed by atoms with Gasteiger partial charge in [-0.1, -0.05) is 90.9 Å². The summed E-state index contributed by atoms with van der Waals surface area (Å²) >= 11 is 0. The molecule has 0 radical (unpaired) electrons. The molecule has 23 heavy (non-hydrogen) atoms. The van der Waals surface area contributed by atoms with Crippen molar-refractivity contribution < 1.29 is 4.48 Å². The molecule has 0 fully saturated rings. The molecule has 0 rings (SSSR count). The highest BCUT2D eigenvalue weighted by Gasteiger charge is 2.13. The van der Waals surface area contributed by atoms with E-state index in [1.165, 1.54) is 120 Å². The number of nitrogens with zero attached hydrogens (tertiary/aromatic N) is 1. The first kappa shape index (κ1) is 23.0. The second-order valence-corrected chi connectivity index (χ2v) is 8.33. The molecule has 0 aromatic heterocycles. The lowest BCUT2D eigenvalue weighted by Gasteiger charge is -2.30. The summed E-state index contributed by atoms with van der Waals surface area (Å²) in [4.78, 5) is 0. The molecule has 0 aliphatic rings. The van der Waals surface area contributed by atoms with Crippen molar-refractivity contribution >= 4 is 0 Å². The van der Waals surface area contributed by atoms with Crippen LogP contribution in [0.3, 0.4) is 0 Å². The first-order valence-electron chi connectivity index (χ1n) is 10.9. The van der Waals surface area contributed by atoms with Gasteiger partial charge in [-0.3, -0.25) is 0 Å². The van der Waals surface area contributed by atoms with E-state index in [4.69, 9.17) is 0 Å². The van der Waals surface area contributed by atoms with E-state index in [-0.39, 0.29) is 0 Å². The lowest BCUT2D eigenvalue weighted by molar-refractivity contribution is -0.890. The molecular weight excluding hydrogens is 278 g/mol. The second-order valence-electron chi connectivity index (χ2n) is 8.33. The Morgan fingerprint density at radius 1 is 0.391 bits per heavy atom. The number of hydrogen-bond acceptors (Lipinski definition) is 0. The minimum absolute atomic E-state index is 1.24. The molecule has 0 aromatic rings. The van der Waals surface area contributed by atoms with Crippen molar-refractivity contribution in [2.45, 2.75) is 117 Å². The Hall–Kier alpha value is -0.0400. The Labute approximate surface area is 148 Å². The summed E-state index contributed by atoms with van der Waals surface area (Å²) in [7, 11) is 4.84. The Balaban J connectivity index is 3.25. The van der Waals surface area contributed by atoms with Crippen molar-refractivity contribution in [2.24, 2.45) is 0 Å². The molecule has 0 heterocycles. The van der Waals surface area contributed by atoms with Crippen LogP contribution in [-0.4, -0.2) is 31.7 Å². The fourth-order valence-corrected chi connectivity index (χ4v) is 3.46. The van der Waals surface area contributed by atoms with Gasteiger partial charge in [0.05, 0.1) is 27.2 Å². The Bertz CT molecular complexity index is 222. The predicted molar refractivity (Wildman–Crippen MR) is 107 cm³/mol. The first-order chi connectivity index (χ1) is 11.1. The fourth-order valence-electron chi connectivity index (χ4n) is 3.46. The van der Waals surface area contributed by atoms with Gasteiger partial charge in [0, 0.05) is 0 Å². The van der Waals surface area contributed by atoms with Gasteiger partial charge < -0.3 is 4.48 Å². The van der Waals surface area contributed by atoms with Crippen molar-refractivity contribution in [2.75, 3.05) is 27.2 Å². The maximum atomic E-state index is 2.42. The van der Waals surface area contributed by atoms with E-state index >= 15 is 0 Å². The van der Waals surface area contributed by atoms with Crippen molar-refractivity contribution in [3.8, 4) is 0 Å². The zero-order chi connectivity index (χ0) is 17.2. The van der Waals surface area contributed by atoms with Crippen LogP contribution in [0.25, 0.3) is 0 Å². The van der Waals surface area contributed by atoms with Gasteiger partial charge in [0.25, 0.3) is 0 Å². The van der Waals surface area contributed by atoms with E-state index in [2.05, 4.69) is 27.9 Å². The minimum Gasteiger partial charge on any atom is -0.328 e. The van der Waals surface area contributed by atoms with Crippen LogP contribution in [0, 0.1) is 0 Å². The monoisotopic (exact) mass is 326 g/mol. The maximum absolute atomic E-state index is 2.42. The molecule has 0 spiro atoms. The largest absolute Gasteiger partial charge is 0.328 e. The Morgan fingerprint density at radius 2 is 0.652 bits per heavy atom. The van der Waals surface area contributed by atoms with Gasteiger partial charge in [-0.15, -0.1) is 0 Å². The summed E-state index contributed by atoms with van der Waals surface area (Å²) < 4.78 is 1.24. The average Bonchev–Trinajstić information content (AvgIpc) is 2.52. The SMILES string of the molecule is CCCCCCCCCCCCCC[N+](C)(C)CCCCCC. The zero-order valence-electron chi connectivity index (χ0n) is 17.2. The van der Waals surface area contributed by atoms with Crippen LogP contribution < -0.4 is 0 Å². The predicted octanol–water partition coefficient (Wildman–Crippen LogP) is 7.34. The van der Waals surface area contributed by atoms with E-state index in [0.29, 0.717) is 0 Å². The van der Waals surface area contributed by atoms with Gasteiger partial charge in [0.2, 0.25) is 0 Å². The number of quaternary nitrogens is 1. The lowest BCUT2D eigenvalue weighted by atomic mass is 10.1. The third kappa shape index (κ3) is 18.1. The molecule has 0 N–H and O–H groups in total. The van der Waals surface area contributed by atoms with E-state index in [9.17, 15) is 0 Å². The third-order valence-electron chi connectivity index (χ3n) is 5.23. The third-order valence-corrected chi connectivity index (χ3v) is 5.23. The summed E-state index contributed by atoms with van der Waals surface area (Å²) in [5, 5.41) is 0. The standard InChI is InChI=1S/C22H48N/c1-5-7-9-11-12-13-14-15-16-17-18-20-22-23(3,4)21-19-10-8-6-2/h5-22H2,1-4H3/q+1. The highest BCUT2D eigenvalue weighted by molar-refractivity contribution is 4.49. The van der Waals surface area contributed by atoms with Crippen LogP contribution in [0.4, 0.5) is 0 Å². The van der Waals surface area contributed by atoms with Crippen LogP contribution in [0.1, 0.15) is 117 Å². The molecule has 0 aliphatic carbocycles. The molecule has 1 heteroatoms. The van der Waals surface area contributed by atoms with Crippen LogP contribution in [0.15, 0.2) is 0 Å². The molecule has 140 valence electrons. The van der Waals surface area contributed by atoms with Crippen LogP contribution in [0.5, 0.6) is 0 Å². The van der Waals surface area contributed by atoms with Gasteiger partial charge in [-0.2, -0.15) is 0 Å². The molecule has 0 saturated heterocycles. The molecule has 0 unspecified atom stereocenters. The van der Waals surface area contributed by atoms with Gasteiger partial charge in [-0.25, -0.2) is 0 Å². The van der Waals surface area contributed by atoms with E-state index < -0.39 is 0 Å². The molecule has 1 nitrogen and oxygen atoms in total. The summed E-state index contributed by atoms with van der Waals surface area (Å²) in [6, 6.07) is 0. The minimum atomic E-state index is 1.24. The molecule has 0 aliphatic heterocycles. The molecule has 0 amide bonds. The van der Waals surface area contributed by atoms with E-state index in [1.54, 1.807) is 0 Å². The molecule has 0 atom stereocenters. The summed E-state index contributed by atoms with van der Waals surface area (Å²) in [6.07, 6.45) is 23.1. The summed E-state index contributed by atoms with van der Waals surface area (Å²) in [5.74, 6) is 0. The number of rotatable bonds is 18. The Kier molecular flexibility index (Phi) is 16.8. The van der Waals surface area contributed by atoms with Crippen LogP contribution >= 0.6 is 0 Å². The zero-order valence-corrected chi connectivity index (χ0v) is 17.2. The quantitative estimate of drug-likeness (QED) is 0.182.